The highest BCUT2D eigenvalue weighted by molar-refractivity contribution is 7.78. The summed E-state index contributed by atoms with van der Waals surface area (Å²) < 4.78 is 14.6. The lowest BCUT2D eigenvalue weighted by Gasteiger charge is -1.96. The number of rotatable bonds is 1. The van der Waals surface area contributed by atoms with Crippen molar-refractivity contribution in [3.05, 3.63) is 35.6 Å². The summed E-state index contributed by atoms with van der Waals surface area (Å²) in [5.41, 5.74) is 0.264. The molecule has 0 fully saturated rings. The van der Waals surface area contributed by atoms with Crippen molar-refractivity contribution < 1.29 is 9.18 Å². The van der Waals surface area contributed by atoms with E-state index in [0.717, 1.165) is 6.07 Å². The van der Waals surface area contributed by atoms with Gasteiger partial charge in [0.25, 0.3) is 5.91 Å². The number of halogens is 1. The zero-order valence-electron chi connectivity index (χ0n) is 5.54. The first-order valence-electron chi connectivity index (χ1n) is 2.94. The predicted molar refractivity (Wildman–Crippen MR) is 42.9 cm³/mol. The van der Waals surface area contributed by atoms with E-state index < -0.39 is 11.7 Å². The molecule has 0 aliphatic carbocycles. The second-order valence-electron chi connectivity index (χ2n) is 1.95. The van der Waals surface area contributed by atoms with Gasteiger partial charge in [0.05, 0.1) is 0 Å². The number of nitrogens with one attached hydrogen (secondary N) is 1. The van der Waals surface area contributed by atoms with Gasteiger partial charge in [0.15, 0.2) is 0 Å². The second kappa shape index (κ2) is 3.39. The summed E-state index contributed by atoms with van der Waals surface area (Å²) in [7, 11) is 0. The Hall–Kier alpha value is -1.03. The topological polar surface area (TPSA) is 29.1 Å². The molecule has 1 rings (SSSR count). The predicted octanol–water partition coefficient (Wildman–Crippen LogP) is 1.40. The van der Waals surface area contributed by atoms with Crippen molar-refractivity contribution in [1.29, 1.82) is 0 Å². The third kappa shape index (κ3) is 1.94. The highest BCUT2D eigenvalue weighted by atomic mass is 32.1. The second-order valence-corrected chi connectivity index (χ2v) is 2.17. The number of carbonyl (C=O) groups is 1. The summed E-state index contributed by atoms with van der Waals surface area (Å²) in [6.07, 6.45) is 0. The van der Waals surface area contributed by atoms with Crippen LogP contribution in [-0.4, -0.2) is 5.91 Å². The first kappa shape index (κ1) is 8.07. The summed E-state index contributed by atoms with van der Waals surface area (Å²) in [4.78, 5) is 10.8. The Labute approximate surface area is 69.0 Å². The standard InChI is InChI=1S/C7H6FNOS/c8-6-3-1-2-5(4-6)7(10)9-11/h1-4,11H,(H,9,10). The maximum Gasteiger partial charge on any atom is 0.261 e. The summed E-state index contributed by atoms with van der Waals surface area (Å²) in [5, 5.41) is 0. The van der Waals surface area contributed by atoms with E-state index >= 15 is 0 Å². The molecule has 0 aliphatic heterocycles. The van der Waals surface area contributed by atoms with Crippen LogP contribution in [0, 0.1) is 5.82 Å². The minimum atomic E-state index is -0.431. The monoisotopic (exact) mass is 171 g/mol. The van der Waals surface area contributed by atoms with Gasteiger partial charge in [-0.2, -0.15) is 0 Å². The molecule has 0 unspecified atom stereocenters. The third-order valence-electron chi connectivity index (χ3n) is 1.19. The minimum Gasteiger partial charge on any atom is -0.299 e. The van der Waals surface area contributed by atoms with Gasteiger partial charge in [0.2, 0.25) is 0 Å². The van der Waals surface area contributed by atoms with Crippen molar-refractivity contribution in [3.8, 4) is 0 Å². The highest BCUT2D eigenvalue weighted by Crippen LogP contribution is 2.02. The molecule has 0 aromatic heterocycles. The van der Waals surface area contributed by atoms with Gasteiger partial charge < -0.3 is 0 Å². The van der Waals surface area contributed by atoms with Crippen molar-refractivity contribution in [2.24, 2.45) is 0 Å². The first-order valence-corrected chi connectivity index (χ1v) is 3.39. The first-order chi connectivity index (χ1) is 5.24. The summed E-state index contributed by atoms with van der Waals surface area (Å²) in [5.74, 6) is -0.840. The normalized spacial score (nSPS) is 9.27. The molecule has 1 N–H and O–H groups in total. The van der Waals surface area contributed by atoms with Gasteiger partial charge in [-0.25, -0.2) is 4.39 Å². The number of benzene rings is 1. The maximum atomic E-state index is 12.5. The maximum absolute atomic E-state index is 12.5. The molecule has 0 heterocycles. The van der Waals surface area contributed by atoms with Crippen LogP contribution in [0.2, 0.25) is 0 Å². The van der Waals surface area contributed by atoms with E-state index in [2.05, 4.69) is 17.5 Å². The molecule has 0 bridgehead atoms. The van der Waals surface area contributed by atoms with Gasteiger partial charge in [-0.1, -0.05) is 18.9 Å². The molecule has 0 spiro atoms. The molecule has 1 aromatic carbocycles. The third-order valence-corrected chi connectivity index (χ3v) is 1.39. The Bertz CT molecular complexity index is 277. The van der Waals surface area contributed by atoms with Gasteiger partial charge in [0.1, 0.15) is 5.82 Å². The van der Waals surface area contributed by atoms with Crippen molar-refractivity contribution >= 4 is 18.7 Å². The molecule has 11 heavy (non-hydrogen) atoms. The van der Waals surface area contributed by atoms with Crippen LogP contribution in [0.4, 0.5) is 4.39 Å². The van der Waals surface area contributed by atoms with Crippen LogP contribution in [0.1, 0.15) is 10.4 Å². The summed E-state index contributed by atoms with van der Waals surface area (Å²) in [6, 6.07) is 5.39. The molecule has 0 saturated heterocycles. The van der Waals surface area contributed by atoms with Crippen molar-refractivity contribution in [2.45, 2.75) is 0 Å². The number of hydrogen-bond donors (Lipinski definition) is 2. The average Bonchev–Trinajstić information content (AvgIpc) is 2.03. The molecular formula is C7H6FNOS. The van der Waals surface area contributed by atoms with Crippen LogP contribution < -0.4 is 4.72 Å². The SMILES string of the molecule is O=C(NS)c1cccc(F)c1. The Kier molecular flexibility index (Phi) is 2.48. The molecule has 4 heteroatoms. The molecule has 0 saturated carbocycles. The highest BCUT2D eigenvalue weighted by Gasteiger charge is 2.02. The van der Waals surface area contributed by atoms with E-state index in [-0.39, 0.29) is 5.56 Å². The van der Waals surface area contributed by atoms with Gasteiger partial charge in [-0.15, -0.1) is 0 Å². The lowest BCUT2D eigenvalue weighted by Crippen LogP contribution is -2.12. The lowest BCUT2D eigenvalue weighted by atomic mass is 10.2. The zero-order valence-corrected chi connectivity index (χ0v) is 6.44. The van der Waals surface area contributed by atoms with E-state index in [0.29, 0.717) is 0 Å². The van der Waals surface area contributed by atoms with Crippen LogP contribution in [-0.2, 0) is 0 Å². The number of hydrogen-bond acceptors (Lipinski definition) is 2. The molecule has 2 nitrogen and oxygen atoms in total. The Balaban J connectivity index is 2.96. The van der Waals surface area contributed by atoms with Crippen LogP contribution >= 0.6 is 12.8 Å². The van der Waals surface area contributed by atoms with Crippen LogP contribution in [0.25, 0.3) is 0 Å². The molecule has 1 aromatic rings. The van der Waals surface area contributed by atoms with E-state index in [1.807, 2.05) is 0 Å². The molecular weight excluding hydrogens is 165 g/mol. The summed E-state index contributed by atoms with van der Waals surface area (Å²) in [6.45, 7) is 0. The zero-order chi connectivity index (χ0) is 8.27. The fraction of sp³-hybridized carbons (Fsp3) is 0. The fourth-order valence-corrected chi connectivity index (χ4v) is 0.823. The van der Waals surface area contributed by atoms with E-state index in [1.165, 1.54) is 18.2 Å². The van der Waals surface area contributed by atoms with Crippen molar-refractivity contribution in [2.75, 3.05) is 0 Å². The fourth-order valence-electron chi connectivity index (χ4n) is 0.694. The number of carbonyl (C=O) groups excluding carboxylic acids is 1. The molecule has 58 valence electrons. The average molecular weight is 171 g/mol. The summed E-state index contributed by atoms with van der Waals surface area (Å²) >= 11 is 3.54. The lowest BCUT2D eigenvalue weighted by molar-refractivity contribution is 0.0984. The van der Waals surface area contributed by atoms with Crippen LogP contribution in [0.5, 0.6) is 0 Å². The number of thiol groups is 1. The molecule has 1 amide bonds. The quantitative estimate of drug-likeness (QED) is 0.614. The largest absolute Gasteiger partial charge is 0.299 e. The number of amides is 1. The van der Waals surface area contributed by atoms with E-state index in [4.69, 9.17) is 0 Å². The smallest absolute Gasteiger partial charge is 0.261 e. The van der Waals surface area contributed by atoms with Crippen LogP contribution in [0.15, 0.2) is 24.3 Å². The van der Waals surface area contributed by atoms with Crippen LogP contribution in [0.3, 0.4) is 0 Å². The van der Waals surface area contributed by atoms with Gasteiger partial charge in [-0.3, -0.25) is 9.52 Å². The molecule has 0 atom stereocenters. The van der Waals surface area contributed by atoms with Gasteiger partial charge in [0, 0.05) is 5.56 Å². The molecule has 0 aliphatic rings. The Morgan fingerprint density at radius 1 is 1.55 bits per heavy atom. The minimum absolute atomic E-state index is 0.264. The van der Waals surface area contributed by atoms with E-state index in [9.17, 15) is 9.18 Å². The van der Waals surface area contributed by atoms with Crippen molar-refractivity contribution in [1.82, 2.24) is 4.72 Å². The Morgan fingerprint density at radius 2 is 2.27 bits per heavy atom. The van der Waals surface area contributed by atoms with Crippen molar-refractivity contribution in [3.63, 3.8) is 0 Å². The molecule has 0 radical (unpaired) electrons. The van der Waals surface area contributed by atoms with Gasteiger partial charge in [-0.05, 0) is 18.2 Å². The Morgan fingerprint density at radius 3 is 2.82 bits per heavy atom. The van der Waals surface area contributed by atoms with E-state index in [1.54, 1.807) is 0 Å². The van der Waals surface area contributed by atoms with Gasteiger partial charge >= 0.3 is 0 Å².